The van der Waals surface area contributed by atoms with Crippen LogP contribution >= 0.6 is 11.6 Å². The number of halogens is 2. The molecule has 0 saturated carbocycles. The molecular weight excluding hydrogens is 385 g/mol. The molecule has 3 aromatic rings. The second-order valence-corrected chi connectivity index (χ2v) is 7.10. The fourth-order valence-electron chi connectivity index (χ4n) is 3.15. The second-order valence-electron chi connectivity index (χ2n) is 6.66. The van der Waals surface area contributed by atoms with Crippen LogP contribution in [0.3, 0.4) is 0 Å². The van der Waals surface area contributed by atoms with E-state index in [1.165, 1.54) is 12.1 Å². The van der Waals surface area contributed by atoms with Crippen LogP contribution in [-0.2, 0) is 22.6 Å². The Morgan fingerprint density at radius 1 is 1.29 bits per heavy atom. The number of esters is 1. The zero-order valence-electron chi connectivity index (χ0n) is 15.1. The Kier molecular flexibility index (Phi) is 5.05. The molecule has 1 atom stereocenters. The number of aromatic nitrogens is 1. The van der Waals surface area contributed by atoms with Crippen molar-refractivity contribution >= 4 is 17.6 Å². The van der Waals surface area contributed by atoms with Crippen molar-refractivity contribution in [1.82, 2.24) is 5.16 Å². The largest absolute Gasteiger partial charge is 0.492 e. The minimum Gasteiger partial charge on any atom is -0.492 e. The Bertz CT molecular complexity index is 1020. The predicted octanol–water partition coefficient (Wildman–Crippen LogP) is 4.74. The highest BCUT2D eigenvalue weighted by atomic mass is 35.5. The quantitative estimate of drug-likeness (QED) is 0.591. The number of carbonyl (C=O) groups excluding carboxylic acids is 1. The van der Waals surface area contributed by atoms with Crippen LogP contribution in [0.25, 0.3) is 11.3 Å². The van der Waals surface area contributed by atoms with Crippen molar-refractivity contribution in [3.05, 3.63) is 70.1 Å². The van der Waals surface area contributed by atoms with Crippen LogP contribution in [0.1, 0.15) is 16.8 Å². The van der Waals surface area contributed by atoms with E-state index < -0.39 is 5.92 Å². The molecule has 0 fully saturated rings. The number of ether oxygens (including phenoxy) is 2. The molecule has 5 nitrogen and oxygen atoms in total. The Labute approximate surface area is 166 Å². The summed E-state index contributed by atoms with van der Waals surface area (Å²) in [6.07, 6.45) is 0.507. The van der Waals surface area contributed by atoms with Gasteiger partial charge < -0.3 is 14.0 Å². The average Bonchev–Trinajstić information content (AvgIpc) is 3.06. The van der Waals surface area contributed by atoms with Crippen LogP contribution in [0.5, 0.6) is 5.75 Å². The molecule has 144 valence electrons. The van der Waals surface area contributed by atoms with Gasteiger partial charge in [0.25, 0.3) is 0 Å². The maximum atomic E-state index is 13.1. The average molecular weight is 402 g/mol. The minimum atomic E-state index is -0.408. The summed E-state index contributed by atoms with van der Waals surface area (Å²) in [6.45, 7) is 2.07. The topological polar surface area (TPSA) is 61.6 Å². The van der Waals surface area contributed by atoms with E-state index in [-0.39, 0.29) is 25.0 Å². The Morgan fingerprint density at radius 2 is 2.07 bits per heavy atom. The maximum absolute atomic E-state index is 13.1. The van der Waals surface area contributed by atoms with Gasteiger partial charge in [0, 0.05) is 16.1 Å². The zero-order valence-corrected chi connectivity index (χ0v) is 15.8. The van der Waals surface area contributed by atoms with Gasteiger partial charge in [-0.15, -0.1) is 0 Å². The van der Waals surface area contributed by atoms with E-state index in [2.05, 4.69) is 5.16 Å². The summed E-state index contributed by atoms with van der Waals surface area (Å²) in [5, 5.41) is 4.58. The van der Waals surface area contributed by atoms with Gasteiger partial charge in [0.2, 0.25) is 0 Å². The van der Waals surface area contributed by atoms with Crippen LogP contribution < -0.4 is 4.74 Å². The summed E-state index contributed by atoms with van der Waals surface area (Å²) >= 11 is 6.01. The van der Waals surface area contributed by atoms with E-state index in [1.807, 2.05) is 6.92 Å². The molecule has 0 unspecified atom stereocenters. The van der Waals surface area contributed by atoms with E-state index >= 15 is 0 Å². The Hall–Kier alpha value is -2.86. The fraction of sp³-hybridized carbons (Fsp3) is 0.238. The molecular formula is C21H17ClFNO4. The number of hydrogen-bond acceptors (Lipinski definition) is 5. The minimum absolute atomic E-state index is 0.00569. The standard InChI is InChI=1S/C21H17ClFNO4/c1-12-18(24-28-20(12)13-2-5-17(23)6-3-13)11-27-21(25)15-8-14-9-16(22)4-7-19(14)26-10-15/h2-7,9,15H,8,10-11H2,1H3/t15-/m1/s1. The van der Waals surface area contributed by atoms with Crippen LogP contribution in [0.2, 0.25) is 5.02 Å². The number of rotatable bonds is 4. The fourth-order valence-corrected chi connectivity index (χ4v) is 3.34. The number of benzene rings is 2. The zero-order chi connectivity index (χ0) is 19.7. The van der Waals surface area contributed by atoms with E-state index in [4.69, 9.17) is 25.6 Å². The van der Waals surface area contributed by atoms with Gasteiger partial charge in [0.05, 0.1) is 5.92 Å². The molecule has 1 aliphatic rings. The summed E-state index contributed by atoms with van der Waals surface area (Å²) in [7, 11) is 0. The van der Waals surface area contributed by atoms with E-state index in [9.17, 15) is 9.18 Å². The van der Waals surface area contributed by atoms with E-state index in [0.717, 1.165) is 16.9 Å². The van der Waals surface area contributed by atoms with Crippen molar-refractivity contribution < 1.29 is 23.2 Å². The smallest absolute Gasteiger partial charge is 0.313 e. The SMILES string of the molecule is Cc1c(COC(=O)[C@H]2COc3ccc(Cl)cc3C2)noc1-c1ccc(F)cc1. The molecule has 0 saturated heterocycles. The highest BCUT2D eigenvalue weighted by Gasteiger charge is 2.28. The lowest BCUT2D eigenvalue weighted by molar-refractivity contribution is -0.151. The molecule has 0 bridgehead atoms. The molecule has 2 aromatic carbocycles. The van der Waals surface area contributed by atoms with Crippen molar-refractivity contribution in [1.29, 1.82) is 0 Å². The van der Waals surface area contributed by atoms with Gasteiger partial charge in [-0.3, -0.25) is 4.79 Å². The normalized spacial score (nSPS) is 15.6. The summed E-state index contributed by atoms with van der Waals surface area (Å²) in [5.74, 6) is 0.166. The van der Waals surface area contributed by atoms with Crippen LogP contribution in [0.15, 0.2) is 47.0 Å². The molecule has 0 radical (unpaired) electrons. The van der Waals surface area contributed by atoms with Gasteiger partial charge in [-0.1, -0.05) is 16.8 Å². The molecule has 2 heterocycles. The Balaban J connectivity index is 1.41. The van der Waals surface area contributed by atoms with Crippen molar-refractivity contribution in [2.45, 2.75) is 20.0 Å². The van der Waals surface area contributed by atoms with Crippen LogP contribution in [-0.4, -0.2) is 17.7 Å². The highest BCUT2D eigenvalue weighted by Crippen LogP contribution is 2.31. The number of hydrogen-bond donors (Lipinski definition) is 0. The molecule has 1 aromatic heterocycles. The van der Waals surface area contributed by atoms with Crippen molar-refractivity contribution in [2.24, 2.45) is 5.92 Å². The first-order valence-electron chi connectivity index (χ1n) is 8.80. The lowest BCUT2D eigenvalue weighted by atomic mass is 9.97. The molecule has 28 heavy (non-hydrogen) atoms. The van der Waals surface area contributed by atoms with Gasteiger partial charge >= 0.3 is 5.97 Å². The lowest BCUT2D eigenvalue weighted by Gasteiger charge is -2.24. The van der Waals surface area contributed by atoms with E-state index in [1.54, 1.807) is 30.3 Å². The molecule has 4 rings (SSSR count). The second kappa shape index (κ2) is 7.64. The molecule has 0 amide bonds. The summed E-state index contributed by atoms with van der Waals surface area (Å²) in [4.78, 5) is 12.5. The van der Waals surface area contributed by atoms with Gasteiger partial charge in [0.15, 0.2) is 5.76 Å². The molecule has 1 aliphatic heterocycles. The monoisotopic (exact) mass is 401 g/mol. The van der Waals surface area contributed by atoms with Crippen molar-refractivity contribution in [3.63, 3.8) is 0 Å². The first-order valence-corrected chi connectivity index (χ1v) is 9.18. The third kappa shape index (κ3) is 3.73. The summed E-state index contributed by atoms with van der Waals surface area (Å²) in [5.41, 5.74) is 2.86. The van der Waals surface area contributed by atoms with Gasteiger partial charge in [-0.25, -0.2) is 4.39 Å². The Morgan fingerprint density at radius 3 is 2.86 bits per heavy atom. The third-order valence-electron chi connectivity index (χ3n) is 4.74. The predicted molar refractivity (Wildman–Crippen MR) is 101 cm³/mol. The lowest BCUT2D eigenvalue weighted by Crippen LogP contribution is -2.29. The molecule has 0 N–H and O–H groups in total. The van der Waals surface area contributed by atoms with Gasteiger partial charge in [-0.2, -0.15) is 0 Å². The van der Waals surface area contributed by atoms with E-state index in [0.29, 0.717) is 28.5 Å². The first-order chi connectivity index (χ1) is 13.5. The molecule has 0 aliphatic carbocycles. The summed E-state index contributed by atoms with van der Waals surface area (Å²) in [6, 6.07) is 11.3. The first kappa shape index (κ1) is 18.5. The van der Waals surface area contributed by atoms with Crippen LogP contribution in [0, 0.1) is 18.7 Å². The third-order valence-corrected chi connectivity index (χ3v) is 4.98. The van der Waals surface area contributed by atoms with Crippen molar-refractivity contribution in [2.75, 3.05) is 6.61 Å². The van der Waals surface area contributed by atoms with Gasteiger partial charge in [0.1, 0.15) is 30.5 Å². The van der Waals surface area contributed by atoms with Gasteiger partial charge in [-0.05, 0) is 61.4 Å². The van der Waals surface area contributed by atoms with Crippen LogP contribution in [0.4, 0.5) is 4.39 Å². The molecule has 0 spiro atoms. The number of carbonyl (C=O) groups is 1. The number of fused-ring (bicyclic) bond motifs is 1. The molecule has 7 heteroatoms. The maximum Gasteiger partial charge on any atom is 0.313 e. The highest BCUT2D eigenvalue weighted by molar-refractivity contribution is 6.30. The summed E-state index contributed by atoms with van der Waals surface area (Å²) < 4.78 is 29.5. The van der Waals surface area contributed by atoms with Crippen molar-refractivity contribution in [3.8, 4) is 17.1 Å². The number of nitrogens with zero attached hydrogens (tertiary/aromatic N) is 1.